The molecule has 0 aliphatic heterocycles. The Hall–Kier alpha value is -1.88. The van der Waals surface area contributed by atoms with Crippen LogP contribution in [0, 0.1) is 6.92 Å². The van der Waals surface area contributed by atoms with Crippen molar-refractivity contribution in [3.05, 3.63) is 22.6 Å². The van der Waals surface area contributed by atoms with Gasteiger partial charge in [-0.15, -0.1) is 11.3 Å². The zero-order valence-electron chi connectivity index (χ0n) is 11.8. The molecule has 0 aliphatic carbocycles. The predicted molar refractivity (Wildman–Crippen MR) is 75.9 cm³/mol. The van der Waals surface area contributed by atoms with E-state index >= 15 is 0 Å². The van der Waals surface area contributed by atoms with Gasteiger partial charge in [-0.2, -0.15) is 21.6 Å². The third-order valence-electron chi connectivity index (χ3n) is 2.79. The lowest BCUT2D eigenvalue weighted by atomic mass is 10.1. The number of ether oxygens (including phenoxy) is 1. The molecule has 0 aliphatic rings. The van der Waals surface area contributed by atoms with E-state index in [0.717, 1.165) is 11.3 Å². The van der Waals surface area contributed by atoms with Gasteiger partial charge >= 0.3 is 21.6 Å². The molecule has 0 fully saturated rings. The number of pyridine rings is 1. The van der Waals surface area contributed by atoms with E-state index in [9.17, 15) is 26.4 Å². The predicted octanol–water partition coefficient (Wildman–Crippen LogP) is 3.01. The van der Waals surface area contributed by atoms with E-state index < -0.39 is 33.0 Å². The van der Waals surface area contributed by atoms with Crippen molar-refractivity contribution in [3.8, 4) is 5.88 Å². The van der Waals surface area contributed by atoms with Crippen LogP contribution in [0.5, 0.6) is 5.88 Å². The largest absolute Gasteiger partial charge is 0.534 e. The lowest BCUT2D eigenvalue weighted by molar-refractivity contribution is -0.0501. The van der Waals surface area contributed by atoms with Crippen LogP contribution in [-0.2, 0) is 14.9 Å². The minimum atomic E-state index is -5.96. The topological polar surface area (TPSA) is 82.6 Å². The van der Waals surface area contributed by atoms with Crippen LogP contribution >= 0.6 is 11.3 Å². The molecule has 126 valence electrons. The molecular weight excluding hydrogens is 359 g/mol. The second kappa shape index (κ2) is 5.96. The first-order valence-electron chi connectivity index (χ1n) is 6.14. The van der Waals surface area contributed by atoms with E-state index in [4.69, 9.17) is 4.74 Å². The number of aromatic nitrogens is 1. The van der Waals surface area contributed by atoms with Crippen molar-refractivity contribution in [1.82, 2.24) is 4.98 Å². The highest BCUT2D eigenvalue weighted by molar-refractivity contribution is 7.88. The van der Waals surface area contributed by atoms with Crippen LogP contribution in [0.4, 0.5) is 13.2 Å². The zero-order valence-corrected chi connectivity index (χ0v) is 13.4. The number of hydrogen-bond donors (Lipinski definition) is 0. The molecule has 2 heterocycles. The number of carbonyl (C=O) groups is 1. The van der Waals surface area contributed by atoms with Crippen molar-refractivity contribution in [1.29, 1.82) is 0 Å². The number of carbonyl (C=O) groups excluding carboxylic acids is 1. The summed E-state index contributed by atoms with van der Waals surface area (Å²) in [6, 6.07) is 1.60. The maximum absolute atomic E-state index is 12.5. The molecule has 0 N–H and O–H groups in total. The normalized spacial score (nSPS) is 12.4. The summed E-state index contributed by atoms with van der Waals surface area (Å²) in [5.41, 5.74) is -5.87. The number of rotatable bonds is 4. The van der Waals surface area contributed by atoms with Crippen molar-refractivity contribution in [2.45, 2.75) is 19.4 Å². The van der Waals surface area contributed by atoms with Gasteiger partial charge in [0.1, 0.15) is 10.4 Å². The third-order valence-corrected chi connectivity index (χ3v) is 4.54. The molecule has 2 aromatic heterocycles. The average molecular weight is 369 g/mol. The van der Waals surface area contributed by atoms with Crippen molar-refractivity contribution >= 4 is 37.6 Å². The van der Waals surface area contributed by atoms with Gasteiger partial charge in [0.25, 0.3) is 0 Å². The Balaban J connectivity index is 2.66. The van der Waals surface area contributed by atoms with Gasteiger partial charge in [0.2, 0.25) is 5.88 Å². The third kappa shape index (κ3) is 3.24. The highest BCUT2D eigenvalue weighted by atomic mass is 32.2. The van der Waals surface area contributed by atoms with Crippen molar-refractivity contribution in [2.24, 2.45) is 0 Å². The van der Waals surface area contributed by atoms with Crippen LogP contribution < -0.4 is 4.18 Å². The second-order valence-corrected chi connectivity index (χ2v) is 6.69. The number of esters is 1. The van der Waals surface area contributed by atoms with E-state index in [1.165, 1.54) is 13.8 Å². The molecule has 0 radical (unpaired) electrons. The average Bonchev–Trinajstić information content (AvgIpc) is 2.85. The van der Waals surface area contributed by atoms with Crippen molar-refractivity contribution in [3.63, 3.8) is 0 Å². The molecule has 0 aromatic carbocycles. The Morgan fingerprint density at radius 3 is 2.61 bits per heavy atom. The first kappa shape index (κ1) is 17.5. The van der Waals surface area contributed by atoms with Crippen molar-refractivity contribution < 1.29 is 35.3 Å². The molecule has 0 saturated carbocycles. The number of nitrogens with zero attached hydrogens (tertiary/aromatic N) is 1. The second-order valence-electron chi connectivity index (χ2n) is 4.26. The maximum Gasteiger partial charge on any atom is 0.534 e. The van der Waals surface area contributed by atoms with Gasteiger partial charge in [0.05, 0.1) is 6.61 Å². The number of alkyl halides is 3. The Kier molecular flexibility index (Phi) is 4.53. The molecule has 0 bridgehead atoms. The fourth-order valence-electron chi connectivity index (χ4n) is 1.77. The molecule has 2 aromatic rings. The summed E-state index contributed by atoms with van der Waals surface area (Å²) in [4.78, 5) is 15.9. The van der Waals surface area contributed by atoms with E-state index in [0.29, 0.717) is 5.39 Å². The fraction of sp³-hybridized carbons (Fsp3) is 0.333. The van der Waals surface area contributed by atoms with Gasteiger partial charge in [-0.05, 0) is 30.9 Å². The van der Waals surface area contributed by atoms with Crippen LogP contribution in [0.15, 0.2) is 11.4 Å². The van der Waals surface area contributed by atoms with E-state index in [1.54, 1.807) is 11.4 Å². The molecule has 2 rings (SSSR count). The zero-order chi connectivity index (χ0) is 17.4. The molecule has 11 heteroatoms. The minimum absolute atomic E-state index is 0.0502. The molecule has 23 heavy (non-hydrogen) atoms. The van der Waals surface area contributed by atoms with Gasteiger partial charge in [-0.3, -0.25) is 0 Å². The fourth-order valence-corrected chi connectivity index (χ4v) is 3.01. The molecule has 0 atom stereocenters. The smallest absolute Gasteiger partial charge is 0.462 e. The van der Waals surface area contributed by atoms with E-state index in [-0.39, 0.29) is 17.0 Å². The number of thiophene rings is 1. The Morgan fingerprint density at radius 2 is 2.04 bits per heavy atom. The van der Waals surface area contributed by atoms with Crippen LogP contribution in [0.2, 0.25) is 0 Å². The van der Waals surface area contributed by atoms with Gasteiger partial charge in [-0.25, -0.2) is 9.78 Å². The quantitative estimate of drug-likeness (QED) is 0.468. The lowest BCUT2D eigenvalue weighted by Gasteiger charge is -2.13. The number of fused-ring (bicyclic) bond motifs is 1. The summed E-state index contributed by atoms with van der Waals surface area (Å²) >= 11 is 1.06. The first-order valence-corrected chi connectivity index (χ1v) is 8.43. The summed E-state index contributed by atoms with van der Waals surface area (Å²) < 4.78 is 68.7. The standard InChI is InChI=1S/C12H10F3NO5S2/c1-3-20-11(17)8-6(2)7-4-5-22-10(7)16-9(8)21-23(18,19)12(13,14)15/h4-5H,3H2,1-2H3. The van der Waals surface area contributed by atoms with Crippen LogP contribution in [0.1, 0.15) is 22.8 Å². The Labute approximate surface area is 133 Å². The molecule has 0 unspecified atom stereocenters. The SMILES string of the molecule is CCOC(=O)c1c(OS(=O)(=O)C(F)(F)F)nc2sccc2c1C. The minimum Gasteiger partial charge on any atom is -0.462 e. The molecule has 6 nitrogen and oxygen atoms in total. The van der Waals surface area contributed by atoms with E-state index in [1.807, 2.05) is 0 Å². The number of aryl methyl sites for hydroxylation is 1. The molecule has 0 amide bonds. The van der Waals surface area contributed by atoms with Gasteiger partial charge in [0.15, 0.2) is 0 Å². The molecule has 0 saturated heterocycles. The highest BCUT2D eigenvalue weighted by Crippen LogP contribution is 2.34. The highest BCUT2D eigenvalue weighted by Gasteiger charge is 2.49. The van der Waals surface area contributed by atoms with Gasteiger partial charge in [0, 0.05) is 5.39 Å². The van der Waals surface area contributed by atoms with Crippen LogP contribution in [-0.4, -0.2) is 31.5 Å². The summed E-state index contributed by atoms with van der Waals surface area (Å²) in [5.74, 6) is -1.97. The monoisotopic (exact) mass is 369 g/mol. The van der Waals surface area contributed by atoms with Crippen LogP contribution in [0.25, 0.3) is 10.2 Å². The Morgan fingerprint density at radius 1 is 1.39 bits per heavy atom. The lowest BCUT2D eigenvalue weighted by Crippen LogP contribution is -2.29. The molecule has 0 spiro atoms. The summed E-state index contributed by atoms with van der Waals surface area (Å²) in [7, 11) is -5.96. The number of hydrogen-bond acceptors (Lipinski definition) is 7. The molecular formula is C12H10F3NO5S2. The summed E-state index contributed by atoms with van der Waals surface area (Å²) in [6.45, 7) is 2.89. The van der Waals surface area contributed by atoms with Crippen LogP contribution in [0.3, 0.4) is 0 Å². The summed E-state index contributed by atoms with van der Waals surface area (Å²) in [6.07, 6.45) is 0. The summed E-state index contributed by atoms with van der Waals surface area (Å²) in [5, 5.41) is 2.09. The van der Waals surface area contributed by atoms with E-state index in [2.05, 4.69) is 9.17 Å². The maximum atomic E-state index is 12.5. The van der Waals surface area contributed by atoms with Gasteiger partial charge < -0.3 is 8.92 Å². The van der Waals surface area contributed by atoms with Crippen molar-refractivity contribution in [2.75, 3.05) is 6.61 Å². The first-order chi connectivity index (χ1) is 10.6. The number of halogens is 3. The van der Waals surface area contributed by atoms with Gasteiger partial charge in [-0.1, -0.05) is 0 Å². The Bertz CT molecular complexity index is 857.